The van der Waals surface area contributed by atoms with Gasteiger partial charge in [-0.3, -0.25) is 0 Å². The van der Waals surface area contributed by atoms with Crippen molar-refractivity contribution < 1.29 is 4.57 Å². The second-order valence-corrected chi connectivity index (χ2v) is 4.04. The summed E-state index contributed by atoms with van der Waals surface area (Å²) in [6, 6.07) is 0. The molecule has 0 aromatic carbocycles. The van der Waals surface area contributed by atoms with E-state index in [2.05, 4.69) is 94.5 Å². The molecular formula is C18H7OP. The van der Waals surface area contributed by atoms with E-state index >= 15 is 0 Å². The zero-order valence-electron chi connectivity index (χ0n) is 10.9. The molecule has 0 saturated heterocycles. The van der Waals surface area contributed by atoms with E-state index in [1.165, 1.54) is 0 Å². The third-order valence-electron chi connectivity index (χ3n) is 1.18. The Balaban J connectivity index is 4.34. The Labute approximate surface area is 121 Å². The van der Waals surface area contributed by atoms with Crippen LogP contribution in [0.5, 0.6) is 0 Å². The zero-order valence-corrected chi connectivity index (χ0v) is 11.9. The van der Waals surface area contributed by atoms with E-state index in [4.69, 9.17) is 0 Å². The van der Waals surface area contributed by atoms with Crippen LogP contribution in [0.25, 0.3) is 0 Å². The summed E-state index contributed by atoms with van der Waals surface area (Å²) in [6.07, 6.45) is 0. The van der Waals surface area contributed by atoms with Crippen molar-refractivity contribution in [2.45, 2.75) is 6.92 Å². The third kappa shape index (κ3) is 14.7. The van der Waals surface area contributed by atoms with Gasteiger partial charge in [-0.15, -0.1) is 0 Å². The van der Waals surface area contributed by atoms with Crippen molar-refractivity contribution in [3.05, 3.63) is 0 Å². The second-order valence-electron chi connectivity index (χ2n) is 2.68. The van der Waals surface area contributed by atoms with Crippen LogP contribution in [0.3, 0.4) is 0 Å². The van der Waals surface area contributed by atoms with Crippen LogP contribution in [0.15, 0.2) is 0 Å². The maximum atomic E-state index is 10.6. The van der Waals surface area contributed by atoms with Crippen LogP contribution in [0.1, 0.15) is 6.92 Å². The molecule has 0 aliphatic carbocycles. The second kappa shape index (κ2) is 13.8. The monoisotopic (exact) mass is 270 g/mol. The van der Waals surface area contributed by atoms with Crippen LogP contribution in [0.2, 0.25) is 0 Å². The lowest BCUT2D eigenvalue weighted by atomic mass is 10.5. The lowest BCUT2D eigenvalue weighted by Gasteiger charge is -1.65. The molecule has 20 heavy (non-hydrogen) atoms. The smallest absolute Gasteiger partial charge is 0.141 e. The van der Waals surface area contributed by atoms with E-state index in [1.807, 2.05) is 0 Å². The van der Waals surface area contributed by atoms with Crippen molar-refractivity contribution in [3.63, 3.8) is 0 Å². The quantitative estimate of drug-likeness (QED) is 0.477. The maximum Gasteiger partial charge on any atom is 0.141 e. The molecule has 0 fully saturated rings. The number of rotatable bonds is 0. The summed E-state index contributed by atoms with van der Waals surface area (Å²) in [4.78, 5) is 0. The van der Waals surface area contributed by atoms with Gasteiger partial charge in [0.2, 0.25) is 0 Å². The molecule has 0 aliphatic rings. The molecule has 0 rings (SSSR count). The molecule has 0 saturated carbocycles. The Bertz CT molecular complexity index is 874. The summed E-state index contributed by atoms with van der Waals surface area (Å²) < 4.78 is 10.6. The van der Waals surface area contributed by atoms with Gasteiger partial charge in [-0.05, 0) is 102 Å². The summed E-state index contributed by atoms with van der Waals surface area (Å²) in [6.45, 7) is 3.24. The minimum Gasteiger partial charge on any atom is -0.314 e. The van der Waals surface area contributed by atoms with Gasteiger partial charge in [0.1, 0.15) is 7.80 Å². The fraction of sp³-hybridized carbons (Fsp3) is 0.111. The Kier molecular flexibility index (Phi) is 11.5. The van der Waals surface area contributed by atoms with E-state index in [-0.39, 0.29) is 0 Å². The molecule has 1 atom stereocenters. The van der Waals surface area contributed by atoms with Crippen molar-refractivity contribution in [1.82, 2.24) is 0 Å². The number of hydrogen-bond donors (Lipinski definition) is 0. The summed E-state index contributed by atoms with van der Waals surface area (Å²) in [5.41, 5.74) is 2.45. The standard InChI is InChI=1S/C18H7OP/c1-3-4-5-6-7-8-9-10-11-12-13-14-15-16-17-18-20(2)19/h20H,1-2H3. The predicted molar refractivity (Wildman–Crippen MR) is 82.8 cm³/mol. The molecule has 0 spiro atoms. The van der Waals surface area contributed by atoms with Crippen LogP contribution >= 0.6 is 7.80 Å². The zero-order chi connectivity index (χ0) is 14.9. The van der Waals surface area contributed by atoms with Crippen LogP contribution < -0.4 is 0 Å². The molecule has 0 amide bonds. The van der Waals surface area contributed by atoms with E-state index in [0.29, 0.717) is 0 Å². The van der Waals surface area contributed by atoms with E-state index < -0.39 is 7.80 Å². The van der Waals surface area contributed by atoms with Crippen molar-refractivity contribution in [2.75, 3.05) is 6.66 Å². The Morgan fingerprint density at radius 2 is 0.850 bits per heavy atom. The van der Waals surface area contributed by atoms with Gasteiger partial charge in [-0.1, -0.05) is 5.92 Å². The van der Waals surface area contributed by atoms with Gasteiger partial charge >= 0.3 is 0 Å². The summed E-state index contributed by atoms with van der Waals surface area (Å²) in [7, 11) is -1.79. The molecule has 90 valence electrons. The minimum absolute atomic E-state index is 1.54. The number of hydrogen-bond acceptors (Lipinski definition) is 1. The van der Waals surface area contributed by atoms with E-state index in [9.17, 15) is 4.57 Å². The summed E-state index contributed by atoms with van der Waals surface area (Å²) in [5.74, 6) is 37.4. The predicted octanol–water partition coefficient (Wildman–Crippen LogP) is 1.18. The fourth-order valence-corrected chi connectivity index (χ4v) is 0.795. The highest BCUT2D eigenvalue weighted by atomic mass is 31.1. The van der Waals surface area contributed by atoms with Gasteiger partial charge in [0.25, 0.3) is 0 Å². The molecule has 1 unspecified atom stereocenters. The van der Waals surface area contributed by atoms with Gasteiger partial charge in [0.15, 0.2) is 0 Å². The SMILES string of the molecule is CC#CC#CC#CC#CC#CC#CC#CC#C[PH](C)=O. The molecular weight excluding hydrogens is 263 g/mol. The third-order valence-corrected chi connectivity index (χ3v) is 1.65. The summed E-state index contributed by atoms with van der Waals surface area (Å²) >= 11 is 0. The molecule has 1 nitrogen and oxygen atoms in total. The van der Waals surface area contributed by atoms with Crippen molar-refractivity contribution in [2.24, 2.45) is 0 Å². The van der Waals surface area contributed by atoms with Gasteiger partial charge < -0.3 is 4.57 Å². The lowest BCUT2D eigenvalue weighted by molar-refractivity contribution is 0.597. The van der Waals surface area contributed by atoms with Crippen molar-refractivity contribution in [1.29, 1.82) is 0 Å². The first kappa shape index (κ1) is 16.7. The van der Waals surface area contributed by atoms with Crippen molar-refractivity contribution in [3.8, 4) is 94.5 Å². The Morgan fingerprint density at radius 3 is 1.15 bits per heavy atom. The highest BCUT2D eigenvalue weighted by Crippen LogP contribution is 2.07. The van der Waals surface area contributed by atoms with Gasteiger partial charge in [0, 0.05) is 0 Å². The lowest BCUT2D eigenvalue weighted by Crippen LogP contribution is -1.56. The van der Waals surface area contributed by atoms with Crippen LogP contribution in [0.4, 0.5) is 0 Å². The molecule has 0 N–H and O–H groups in total. The highest BCUT2D eigenvalue weighted by molar-refractivity contribution is 7.49. The molecule has 0 radical (unpaired) electrons. The largest absolute Gasteiger partial charge is 0.314 e. The molecule has 0 aromatic rings. The molecule has 2 heteroatoms. The first-order valence-corrected chi connectivity index (χ1v) is 7.11. The normalized spacial score (nSPS) is 6.30. The van der Waals surface area contributed by atoms with E-state index in [1.54, 1.807) is 13.6 Å². The molecule has 0 bridgehead atoms. The molecule has 0 aliphatic heterocycles. The van der Waals surface area contributed by atoms with Crippen molar-refractivity contribution >= 4 is 7.80 Å². The molecule has 0 aromatic heterocycles. The average Bonchev–Trinajstić information content (AvgIpc) is 2.43. The van der Waals surface area contributed by atoms with Gasteiger partial charge in [-0.2, -0.15) is 0 Å². The highest BCUT2D eigenvalue weighted by Gasteiger charge is 1.70. The summed E-state index contributed by atoms with van der Waals surface area (Å²) in [5, 5.41) is 0. The van der Waals surface area contributed by atoms with Crippen LogP contribution in [0, 0.1) is 94.5 Å². The van der Waals surface area contributed by atoms with Crippen LogP contribution in [-0.2, 0) is 4.57 Å². The Hall–Kier alpha value is -3.29. The van der Waals surface area contributed by atoms with Crippen LogP contribution in [-0.4, -0.2) is 6.66 Å². The maximum absolute atomic E-state index is 10.6. The molecule has 0 heterocycles. The minimum atomic E-state index is -1.79. The van der Waals surface area contributed by atoms with Gasteiger partial charge in [-0.25, -0.2) is 0 Å². The Morgan fingerprint density at radius 1 is 0.550 bits per heavy atom. The van der Waals surface area contributed by atoms with Gasteiger partial charge in [0.05, 0.1) is 0 Å². The van der Waals surface area contributed by atoms with E-state index in [0.717, 1.165) is 0 Å². The first-order valence-electron chi connectivity index (χ1n) is 5.20. The fourth-order valence-electron chi connectivity index (χ4n) is 0.557. The topological polar surface area (TPSA) is 17.1 Å². The first-order chi connectivity index (χ1) is 9.77. The average molecular weight is 270 g/mol.